The summed E-state index contributed by atoms with van der Waals surface area (Å²) in [5, 5.41) is 3.29. The molecule has 0 saturated heterocycles. The Morgan fingerprint density at radius 3 is 2.76 bits per heavy atom. The summed E-state index contributed by atoms with van der Waals surface area (Å²) in [5.41, 5.74) is 0.872. The third-order valence-electron chi connectivity index (χ3n) is 2.13. The summed E-state index contributed by atoms with van der Waals surface area (Å²) < 4.78 is 39.0. The fourth-order valence-electron chi connectivity index (χ4n) is 1.43. The van der Waals surface area contributed by atoms with Crippen LogP contribution < -0.4 is 11.3 Å². The van der Waals surface area contributed by atoms with Crippen LogP contribution in [0.25, 0.3) is 10.2 Å². The maximum atomic E-state index is 12.6. The summed E-state index contributed by atoms with van der Waals surface area (Å²) in [4.78, 5) is 11.6. The highest BCUT2D eigenvalue weighted by Gasteiger charge is 2.37. The second-order valence-corrected chi connectivity index (χ2v) is 4.30. The highest BCUT2D eigenvalue weighted by molar-refractivity contribution is 7.20. The fraction of sp³-hybridized carbons (Fsp3) is 0.250. The van der Waals surface area contributed by atoms with Crippen LogP contribution in [0.15, 0.2) is 6.07 Å². The summed E-state index contributed by atoms with van der Waals surface area (Å²) in [6.07, 6.45) is -4.54. The van der Waals surface area contributed by atoms with Gasteiger partial charge in [-0.25, -0.2) is 5.84 Å². The van der Waals surface area contributed by atoms with Gasteiger partial charge in [0.05, 0.1) is 4.88 Å². The molecule has 0 radical (unpaired) electrons. The average Bonchev–Trinajstić information content (AvgIpc) is 2.77. The predicted octanol–water partition coefficient (Wildman–Crippen LogP) is 1.26. The van der Waals surface area contributed by atoms with Crippen LogP contribution in [-0.4, -0.2) is 15.7 Å². The van der Waals surface area contributed by atoms with Crippen LogP contribution in [-0.2, 0) is 13.2 Å². The van der Waals surface area contributed by atoms with Gasteiger partial charge in [0, 0.05) is 12.4 Å². The lowest BCUT2D eigenvalue weighted by Crippen LogP contribution is -2.29. The van der Waals surface area contributed by atoms with E-state index in [0.717, 1.165) is 22.1 Å². The number of nitrogens with zero attached hydrogens (tertiary/aromatic N) is 2. The van der Waals surface area contributed by atoms with E-state index in [-0.39, 0.29) is 15.1 Å². The van der Waals surface area contributed by atoms with E-state index in [1.54, 1.807) is 0 Å². The monoisotopic (exact) mass is 264 g/mol. The number of alkyl halides is 3. The number of aromatic nitrogens is 2. The van der Waals surface area contributed by atoms with Gasteiger partial charge in [-0.15, -0.1) is 11.3 Å². The van der Waals surface area contributed by atoms with E-state index in [1.807, 2.05) is 5.43 Å². The molecule has 0 unspecified atom stereocenters. The maximum absolute atomic E-state index is 12.6. The molecule has 0 atom stereocenters. The lowest BCUT2D eigenvalue weighted by atomic mass is 10.3. The summed E-state index contributed by atoms with van der Waals surface area (Å²) >= 11 is 0.902. The molecule has 5 nitrogen and oxygen atoms in total. The lowest BCUT2D eigenvalue weighted by molar-refractivity contribution is -0.140. The van der Waals surface area contributed by atoms with Crippen LogP contribution in [0.5, 0.6) is 0 Å². The van der Waals surface area contributed by atoms with Crippen molar-refractivity contribution in [2.24, 2.45) is 12.9 Å². The number of hydrogen-bond acceptors (Lipinski definition) is 4. The smallest absolute Gasteiger partial charge is 0.289 e. The molecular formula is C8H7F3N4OS. The molecule has 0 aromatic carbocycles. The van der Waals surface area contributed by atoms with Gasteiger partial charge >= 0.3 is 6.18 Å². The quantitative estimate of drug-likeness (QED) is 0.462. The van der Waals surface area contributed by atoms with E-state index < -0.39 is 17.8 Å². The molecule has 0 aliphatic heterocycles. The van der Waals surface area contributed by atoms with Crippen LogP contribution in [0.4, 0.5) is 13.2 Å². The summed E-state index contributed by atoms with van der Waals surface area (Å²) in [6.45, 7) is 0. The first-order valence-corrected chi connectivity index (χ1v) is 5.21. The van der Waals surface area contributed by atoms with Crippen molar-refractivity contribution in [3.63, 3.8) is 0 Å². The molecule has 2 rings (SSSR count). The van der Waals surface area contributed by atoms with E-state index in [0.29, 0.717) is 0 Å². The van der Waals surface area contributed by atoms with Crippen molar-refractivity contribution in [3.05, 3.63) is 16.6 Å². The molecule has 0 fully saturated rings. The van der Waals surface area contributed by atoms with E-state index in [2.05, 4.69) is 5.10 Å². The number of amides is 1. The second-order valence-electron chi connectivity index (χ2n) is 3.27. The first-order valence-electron chi connectivity index (χ1n) is 4.39. The van der Waals surface area contributed by atoms with Crippen molar-refractivity contribution in [2.45, 2.75) is 6.18 Å². The highest BCUT2D eigenvalue weighted by Crippen LogP contribution is 2.37. The first kappa shape index (κ1) is 11.9. The molecule has 9 heteroatoms. The molecule has 0 bridgehead atoms. The maximum Gasteiger partial charge on any atom is 0.435 e. The number of carbonyl (C=O) groups is 1. The number of halogens is 3. The van der Waals surface area contributed by atoms with E-state index >= 15 is 0 Å². The van der Waals surface area contributed by atoms with E-state index in [1.165, 1.54) is 7.05 Å². The van der Waals surface area contributed by atoms with Gasteiger partial charge in [0.15, 0.2) is 5.69 Å². The lowest BCUT2D eigenvalue weighted by Gasteiger charge is -2.01. The van der Waals surface area contributed by atoms with Gasteiger partial charge in [-0.1, -0.05) is 0 Å². The molecule has 17 heavy (non-hydrogen) atoms. The molecule has 3 N–H and O–H groups in total. The topological polar surface area (TPSA) is 72.9 Å². The Kier molecular flexibility index (Phi) is 2.59. The van der Waals surface area contributed by atoms with Gasteiger partial charge in [0.25, 0.3) is 5.91 Å². The Hall–Kier alpha value is -1.61. The second kappa shape index (κ2) is 3.70. The Labute approximate surface area is 97.0 Å². The highest BCUT2D eigenvalue weighted by atomic mass is 32.1. The SMILES string of the molecule is Cn1nc(C(F)(F)F)c2cc(C(=O)NN)sc21. The zero-order chi connectivity index (χ0) is 12.8. The number of hydrazine groups is 1. The Bertz CT molecular complexity index is 585. The average molecular weight is 264 g/mol. The van der Waals surface area contributed by atoms with Crippen molar-refractivity contribution in [1.29, 1.82) is 0 Å². The number of carbonyl (C=O) groups excluding carboxylic acids is 1. The number of nitrogens with one attached hydrogen (secondary N) is 1. The summed E-state index contributed by atoms with van der Waals surface area (Å²) in [5.74, 6) is 4.29. The molecule has 0 aliphatic rings. The normalized spacial score (nSPS) is 12.1. The predicted molar refractivity (Wildman–Crippen MR) is 55.2 cm³/mol. The van der Waals surface area contributed by atoms with Gasteiger partial charge in [0.1, 0.15) is 4.83 Å². The minimum absolute atomic E-state index is 0.0939. The van der Waals surface area contributed by atoms with Gasteiger partial charge in [-0.05, 0) is 6.07 Å². The third kappa shape index (κ3) is 1.87. The molecule has 1 amide bonds. The number of nitrogens with two attached hydrogens (primary N) is 1. The summed E-state index contributed by atoms with van der Waals surface area (Å²) in [6, 6.07) is 1.14. The van der Waals surface area contributed by atoms with Crippen LogP contribution in [0, 0.1) is 0 Å². The number of thiophene rings is 1. The van der Waals surface area contributed by atoms with Crippen molar-refractivity contribution in [2.75, 3.05) is 0 Å². The van der Waals surface area contributed by atoms with E-state index in [4.69, 9.17) is 5.84 Å². The van der Waals surface area contributed by atoms with Gasteiger partial charge in [-0.2, -0.15) is 18.3 Å². The standard InChI is InChI=1S/C8H7F3N4OS/c1-15-7-3(5(14-15)8(9,10)11)2-4(17-7)6(16)13-12/h2H,12H2,1H3,(H,13,16). The van der Waals surface area contributed by atoms with Gasteiger partial charge in [0.2, 0.25) is 0 Å². The third-order valence-corrected chi connectivity index (χ3v) is 3.34. The van der Waals surface area contributed by atoms with Crippen molar-refractivity contribution >= 4 is 27.5 Å². The van der Waals surface area contributed by atoms with E-state index in [9.17, 15) is 18.0 Å². The number of aryl methyl sites for hydroxylation is 1. The molecule has 0 saturated carbocycles. The summed E-state index contributed by atoms with van der Waals surface area (Å²) in [7, 11) is 1.39. The zero-order valence-electron chi connectivity index (χ0n) is 8.50. The minimum Gasteiger partial charge on any atom is -0.289 e. The molecule has 2 aromatic rings. The van der Waals surface area contributed by atoms with Gasteiger partial charge < -0.3 is 0 Å². The molecule has 0 aliphatic carbocycles. The molecule has 92 valence electrons. The van der Waals surface area contributed by atoms with Crippen LogP contribution in [0.2, 0.25) is 0 Å². The number of hydrogen-bond donors (Lipinski definition) is 2. The van der Waals surface area contributed by atoms with Crippen molar-refractivity contribution in [3.8, 4) is 0 Å². The Morgan fingerprint density at radius 1 is 1.59 bits per heavy atom. The van der Waals surface area contributed by atoms with Gasteiger partial charge in [-0.3, -0.25) is 14.9 Å². The Balaban J connectivity index is 2.65. The molecule has 2 aromatic heterocycles. The minimum atomic E-state index is -4.54. The first-order chi connectivity index (χ1) is 7.84. The molecule has 2 heterocycles. The number of nitrogen functional groups attached to an aromatic ring is 1. The van der Waals surface area contributed by atoms with Crippen LogP contribution >= 0.6 is 11.3 Å². The van der Waals surface area contributed by atoms with Crippen LogP contribution in [0.1, 0.15) is 15.4 Å². The van der Waals surface area contributed by atoms with Crippen molar-refractivity contribution < 1.29 is 18.0 Å². The fourth-order valence-corrected chi connectivity index (χ4v) is 2.41. The Morgan fingerprint density at radius 2 is 2.24 bits per heavy atom. The van der Waals surface area contributed by atoms with Crippen molar-refractivity contribution in [1.82, 2.24) is 15.2 Å². The van der Waals surface area contributed by atoms with Crippen LogP contribution in [0.3, 0.4) is 0 Å². The zero-order valence-corrected chi connectivity index (χ0v) is 9.32. The number of fused-ring (bicyclic) bond motifs is 1. The largest absolute Gasteiger partial charge is 0.435 e. The number of rotatable bonds is 1. The molecular weight excluding hydrogens is 257 g/mol. The molecule has 0 spiro atoms.